The zero-order chi connectivity index (χ0) is 5.54. The van der Waals surface area contributed by atoms with Crippen LogP contribution in [-0.2, 0) is 4.43 Å². The minimum atomic E-state index is -0.312. The van der Waals surface area contributed by atoms with Crippen LogP contribution < -0.4 is 5.73 Å². The molecule has 0 radical (unpaired) electrons. The van der Waals surface area contributed by atoms with Gasteiger partial charge in [-0.15, -0.1) is 0 Å². The van der Waals surface area contributed by atoms with Crippen molar-refractivity contribution in [3.63, 3.8) is 0 Å². The van der Waals surface area contributed by atoms with E-state index in [1.807, 2.05) is 0 Å². The van der Waals surface area contributed by atoms with Crippen molar-refractivity contribution in [1.29, 1.82) is 0 Å². The summed E-state index contributed by atoms with van der Waals surface area (Å²) < 4.78 is 5.15. The highest BCUT2D eigenvalue weighted by Crippen LogP contribution is 1.73. The summed E-state index contributed by atoms with van der Waals surface area (Å²) in [6.07, 6.45) is 1.90. The molecule has 0 aromatic heterocycles. The molecule has 0 aliphatic rings. The molecule has 0 atom stereocenters. The van der Waals surface area contributed by atoms with E-state index in [0.29, 0.717) is 0 Å². The molecule has 0 rings (SSSR count). The summed E-state index contributed by atoms with van der Waals surface area (Å²) in [6, 6.07) is 0. The minimum Gasteiger partial charge on any atom is -0.423 e. The number of hydrogen-bond acceptors (Lipinski definition) is 2. The first-order valence-electron chi connectivity index (χ1n) is 2.69. The molecular weight excluding hydrogens is 106 g/mol. The Kier molecular flexibility index (Phi) is 6.26. The lowest BCUT2D eigenvalue weighted by Crippen LogP contribution is -2.12. The summed E-state index contributed by atoms with van der Waals surface area (Å²) in [4.78, 5) is 0. The van der Waals surface area contributed by atoms with Crippen molar-refractivity contribution >= 4 is 9.76 Å². The topological polar surface area (TPSA) is 35.2 Å². The fraction of sp³-hybridized carbons (Fsp3) is 1.00. The monoisotopic (exact) mass is 119 g/mol. The molecule has 3 heteroatoms. The maximum absolute atomic E-state index is 5.21. The second-order valence-corrected chi connectivity index (χ2v) is 2.79. The van der Waals surface area contributed by atoms with Gasteiger partial charge < -0.3 is 10.2 Å². The molecular formula is C4H13NOSi. The van der Waals surface area contributed by atoms with Gasteiger partial charge >= 0.3 is 0 Å². The van der Waals surface area contributed by atoms with Crippen LogP contribution in [0.5, 0.6) is 0 Å². The first kappa shape index (κ1) is 7.14. The molecule has 0 bridgehead atoms. The van der Waals surface area contributed by atoms with Gasteiger partial charge in [0.1, 0.15) is 0 Å². The Bertz CT molecular complexity index is 30.9. The molecule has 0 aliphatic carbocycles. The van der Waals surface area contributed by atoms with Crippen LogP contribution in [0.4, 0.5) is 0 Å². The van der Waals surface area contributed by atoms with Crippen LogP contribution in [0.15, 0.2) is 0 Å². The molecule has 0 aromatic carbocycles. The zero-order valence-electron chi connectivity index (χ0n) is 4.81. The van der Waals surface area contributed by atoms with Crippen LogP contribution in [-0.4, -0.2) is 22.5 Å². The first-order chi connectivity index (χ1) is 3.41. The number of rotatable bonds is 4. The molecule has 0 unspecified atom stereocenters. The summed E-state index contributed by atoms with van der Waals surface area (Å²) in [5.41, 5.74) is 5.21. The molecule has 0 spiro atoms. The second-order valence-electron chi connectivity index (χ2n) is 1.40. The zero-order valence-corrected chi connectivity index (χ0v) is 6.23. The summed E-state index contributed by atoms with van der Waals surface area (Å²) >= 11 is 0. The maximum atomic E-state index is 5.21. The van der Waals surface area contributed by atoms with Crippen molar-refractivity contribution in [1.82, 2.24) is 0 Å². The normalized spacial score (nSPS) is 11.1. The average Bonchev–Trinajstić information content (AvgIpc) is 1.69. The van der Waals surface area contributed by atoms with Crippen molar-refractivity contribution in [3.8, 4) is 0 Å². The van der Waals surface area contributed by atoms with Crippen LogP contribution in [0.2, 0.25) is 0 Å². The predicted molar refractivity (Wildman–Crippen MR) is 33.8 cm³/mol. The largest absolute Gasteiger partial charge is 0.423 e. The Morgan fingerprint density at radius 3 is 2.86 bits per heavy atom. The van der Waals surface area contributed by atoms with Crippen LogP contribution in [0.25, 0.3) is 0 Å². The van der Waals surface area contributed by atoms with Gasteiger partial charge in [-0.1, -0.05) is 6.92 Å². The van der Waals surface area contributed by atoms with E-state index in [1.165, 1.54) is 0 Å². The molecule has 0 saturated heterocycles. The van der Waals surface area contributed by atoms with Gasteiger partial charge in [0.05, 0.1) is 0 Å². The summed E-state index contributed by atoms with van der Waals surface area (Å²) in [5.74, 6) is 0. The van der Waals surface area contributed by atoms with Crippen molar-refractivity contribution in [2.75, 3.05) is 12.8 Å². The fourth-order valence-electron chi connectivity index (χ4n) is 0.330. The van der Waals surface area contributed by atoms with Crippen molar-refractivity contribution in [2.24, 2.45) is 5.73 Å². The van der Waals surface area contributed by atoms with Crippen LogP contribution >= 0.6 is 0 Å². The van der Waals surface area contributed by atoms with Crippen molar-refractivity contribution in [3.05, 3.63) is 0 Å². The molecule has 7 heavy (non-hydrogen) atoms. The van der Waals surface area contributed by atoms with Gasteiger partial charge in [0.15, 0.2) is 9.76 Å². The van der Waals surface area contributed by atoms with E-state index >= 15 is 0 Å². The third-order valence-electron chi connectivity index (χ3n) is 0.611. The van der Waals surface area contributed by atoms with Gasteiger partial charge in [-0.05, 0) is 6.42 Å². The standard InChI is InChI=1S/C4H13NOSi/c1-2-3-6-7-4-5/h2-5,7H2,1H3. The molecule has 0 saturated carbocycles. The van der Waals surface area contributed by atoms with E-state index in [2.05, 4.69) is 6.92 Å². The first-order valence-corrected chi connectivity index (χ1v) is 4.27. The Morgan fingerprint density at radius 2 is 2.43 bits per heavy atom. The lowest BCUT2D eigenvalue weighted by Gasteiger charge is -1.95. The fourth-order valence-corrected chi connectivity index (χ4v) is 0.989. The Morgan fingerprint density at radius 1 is 1.71 bits per heavy atom. The Labute approximate surface area is 47.0 Å². The molecule has 0 amide bonds. The highest BCUT2D eigenvalue weighted by Gasteiger charge is 1.79. The maximum Gasteiger partial charge on any atom is 0.174 e. The molecule has 0 heterocycles. The van der Waals surface area contributed by atoms with Gasteiger partial charge in [-0.2, -0.15) is 0 Å². The van der Waals surface area contributed by atoms with E-state index in [1.54, 1.807) is 0 Å². The predicted octanol–water partition coefficient (Wildman–Crippen LogP) is -0.587. The number of hydrogen-bond donors (Lipinski definition) is 1. The second kappa shape index (κ2) is 6.14. The summed E-state index contributed by atoms with van der Waals surface area (Å²) in [5, 5.41) is 0. The van der Waals surface area contributed by atoms with Gasteiger partial charge in [0, 0.05) is 12.8 Å². The van der Waals surface area contributed by atoms with Gasteiger partial charge in [-0.3, -0.25) is 0 Å². The summed E-state index contributed by atoms with van der Waals surface area (Å²) in [7, 11) is -0.312. The molecule has 44 valence electrons. The number of nitrogens with two attached hydrogens (primary N) is 1. The molecule has 0 fully saturated rings. The molecule has 2 nitrogen and oxygen atoms in total. The van der Waals surface area contributed by atoms with E-state index in [0.717, 1.165) is 19.2 Å². The minimum absolute atomic E-state index is 0.312. The average molecular weight is 119 g/mol. The Balaban J connectivity index is 2.45. The van der Waals surface area contributed by atoms with E-state index in [9.17, 15) is 0 Å². The molecule has 0 aromatic rings. The van der Waals surface area contributed by atoms with E-state index < -0.39 is 0 Å². The lowest BCUT2D eigenvalue weighted by atomic mass is 10.5. The lowest BCUT2D eigenvalue weighted by molar-refractivity contribution is 0.335. The quantitative estimate of drug-likeness (QED) is 0.397. The van der Waals surface area contributed by atoms with Gasteiger partial charge in [0.25, 0.3) is 0 Å². The SMILES string of the molecule is CCCO[SiH2]CN. The highest BCUT2D eigenvalue weighted by atomic mass is 28.2. The molecule has 2 N–H and O–H groups in total. The third kappa shape index (κ3) is 6.14. The van der Waals surface area contributed by atoms with Crippen LogP contribution in [0.3, 0.4) is 0 Å². The van der Waals surface area contributed by atoms with E-state index in [-0.39, 0.29) is 9.76 Å². The van der Waals surface area contributed by atoms with Crippen LogP contribution in [0.1, 0.15) is 13.3 Å². The van der Waals surface area contributed by atoms with E-state index in [4.69, 9.17) is 10.2 Å². The smallest absolute Gasteiger partial charge is 0.174 e. The van der Waals surface area contributed by atoms with Gasteiger partial charge in [0.2, 0.25) is 0 Å². The highest BCUT2D eigenvalue weighted by molar-refractivity contribution is 6.27. The van der Waals surface area contributed by atoms with Crippen molar-refractivity contribution < 1.29 is 4.43 Å². The van der Waals surface area contributed by atoms with Crippen LogP contribution in [0, 0.1) is 0 Å². The van der Waals surface area contributed by atoms with Gasteiger partial charge in [-0.25, -0.2) is 0 Å². The third-order valence-corrected chi connectivity index (χ3v) is 1.42. The Hall–Kier alpha value is 0.137. The molecule has 0 aliphatic heterocycles. The summed E-state index contributed by atoms with van der Waals surface area (Å²) in [6.45, 7) is 3.01. The van der Waals surface area contributed by atoms with Crippen molar-refractivity contribution in [2.45, 2.75) is 13.3 Å².